The molecule has 0 spiro atoms. The molecule has 0 aliphatic heterocycles. The number of hydrogen-bond acceptors (Lipinski definition) is 3. The molecular formula is C24H31N5O. The fourth-order valence-corrected chi connectivity index (χ4v) is 3.39. The first-order valence-electron chi connectivity index (χ1n) is 10.3. The highest BCUT2D eigenvalue weighted by atomic mass is 16.5. The van der Waals surface area contributed by atoms with Crippen LogP contribution in [0.5, 0.6) is 5.75 Å². The minimum atomic E-state index is 0.620. The first-order chi connectivity index (χ1) is 14.6. The van der Waals surface area contributed by atoms with Crippen molar-refractivity contribution in [1.29, 1.82) is 0 Å². The molecule has 0 saturated carbocycles. The molecule has 158 valence electrons. The van der Waals surface area contributed by atoms with E-state index in [1.165, 1.54) is 11.1 Å². The Hall–Kier alpha value is -3.28. The van der Waals surface area contributed by atoms with Gasteiger partial charge >= 0.3 is 0 Å². The molecule has 3 aromatic rings. The Labute approximate surface area is 179 Å². The highest BCUT2D eigenvalue weighted by Gasteiger charge is 2.10. The lowest BCUT2D eigenvalue weighted by molar-refractivity contribution is 0.396. The predicted octanol–water partition coefficient (Wildman–Crippen LogP) is 3.85. The van der Waals surface area contributed by atoms with E-state index in [0.29, 0.717) is 6.54 Å². The fraction of sp³-hybridized carbons (Fsp3) is 0.333. The molecule has 3 rings (SSSR count). The second-order valence-electron chi connectivity index (χ2n) is 7.26. The summed E-state index contributed by atoms with van der Waals surface area (Å²) in [6.45, 7) is 7.08. The van der Waals surface area contributed by atoms with E-state index in [0.717, 1.165) is 42.7 Å². The van der Waals surface area contributed by atoms with Crippen molar-refractivity contribution in [2.24, 2.45) is 4.99 Å². The molecule has 0 saturated heterocycles. The number of para-hydroxylation sites is 1. The number of nitrogens with zero attached hydrogens (tertiary/aromatic N) is 4. The SMILES string of the molecule is CCNC(=NCc1cccc(Cn2ccnc2C)c1)N(C)Cc1ccccc1OC. The number of aromatic nitrogens is 2. The summed E-state index contributed by atoms with van der Waals surface area (Å²) in [6.07, 6.45) is 3.85. The Morgan fingerprint density at radius 3 is 2.70 bits per heavy atom. The number of nitrogens with one attached hydrogen (secondary N) is 1. The van der Waals surface area contributed by atoms with Crippen LogP contribution in [0.15, 0.2) is 65.9 Å². The van der Waals surface area contributed by atoms with Crippen LogP contribution in [0.1, 0.15) is 29.4 Å². The number of aryl methyl sites for hydroxylation is 1. The van der Waals surface area contributed by atoms with E-state index in [2.05, 4.69) is 57.0 Å². The number of ether oxygens (including phenoxy) is 1. The molecular weight excluding hydrogens is 374 g/mol. The first-order valence-corrected chi connectivity index (χ1v) is 10.3. The number of methoxy groups -OCH3 is 1. The van der Waals surface area contributed by atoms with E-state index < -0.39 is 0 Å². The van der Waals surface area contributed by atoms with E-state index >= 15 is 0 Å². The summed E-state index contributed by atoms with van der Waals surface area (Å²) in [5, 5.41) is 3.39. The molecule has 0 radical (unpaired) electrons. The maximum absolute atomic E-state index is 5.49. The zero-order chi connectivity index (χ0) is 21.3. The zero-order valence-electron chi connectivity index (χ0n) is 18.3. The Bertz CT molecular complexity index is 979. The molecule has 2 aromatic carbocycles. The minimum Gasteiger partial charge on any atom is -0.496 e. The lowest BCUT2D eigenvalue weighted by Crippen LogP contribution is -2.38. The maximum atomic E-state index is 5.49. The Kier molecular flexibility index (Phi) is 7.49. The highest BCUT2D eigenvalue weighted by Crippen LogP contribution is 2.19. The van der Waals surface area contributed by atoms with Gasteiger partial charge in [-0.1, -0.05) is 42.5 Å². The average Bonchev–Trinajstić information content (AvgIpc) is 3.16. The van der Waals surface area contributed by atoms with Crippen LogP contribution in [0.3, 0.4) is 0 Å². The highest BCUT2D eigenvalue weighted by molar-refractivity contribution is 5.79. The standard InChI is InChI=1S/C24H31N5O/c1-5-25-24(28(3)18-22-11-6-7-12-23(22)30-4)27-16-20-9-8-10-21(15-20)17-29-14-13-26-19(29)2/h6-15H,5,16-18H2,1-4H3,(H,25,27). The van der Waals surface area contributed by atoms with E-state index in [1.54, 1.807) is 7.11 Å². The number of rotatable bonds is 8. The average molecular weight is 406 g/mol. The summed E-state index contributed by atoms with van der Waals surface area (Å²) >= 11 is 0. The Morgan fingerprint density at radius 1 is 1.17 bits per heavy atom. The summed E-state index contributed by atoms with van der Waals surface area (Å²) in [5.74, 6) is 2.78. The lowest BCUT2D eigenvalue weighted by Gasteiger charge is -2.23. The van der Waals surface area contributed by atoms with Crippen LogP contribution >= 0.6 is 0 Å². The van der Waals surface area contributed by atoms with Crippen molar-refractivity contribution < 1.29 is 4.74 Å². The summed E-state index contributed by atoms with van der Waals surface area (Å²) in [7, 11) is 3.75. The molecule has 1 aromatic heterocycles. The number of aliphatic imine (C=N–C) groups is 1. The van der Waals surface area contributed by atoms with Crippen molar-refractivity contribution in [3.05, 3.63) is 83.4 Å². The van der Waals surface area contributed by atoms with Gasteiger partial charge in [0, 0.05) is 44.6 Å². The van der Waals surface area contributed by atoms with Gasteiger partial charge in [0.2, 0.25) is 0 Å². The van der Waals surface area contributed by atoms with Crippen molar-refractivity contribution in [3.63, 3.8) is 0 Å². The second-order valence-corrected chi connectivity index (χ2v) is 7.26. The van der Waals surface area contributed by atoms with Crippen molar-refractivity contribution >= 4 is 5.96 Å². The normalized spacial score (nSPS) is 11.4. The van der Waals surface area contributed by atoms with E-state index in [9.17, 15) is 0 Å². The van der Waals surface area contributed by atoms with Crippen LogP contribution in [0.2, 0.25) is 0 Å². The largest absolute Gasteiger partial charge is 0.496 e. The molecule has 30 heavy (non-hydrogen) atoms. The lowest BCUT2D eigenvalue weighted by atomic mass is 10.1. The molecule has 0 bridgehead atoms. The molecule has 0 aliphatic carbocycles. The fourth-order valence-electron chi connectivity index (χ4n) is 3.39. The molecule has 0 aliphatic rings. The van der Waals surface area contributed by atoms with Crippen LogP contribution < -0.4 is 10.1 Å². The third-order valence-electron chi connectivity index (χ3n) is 4.98. The van der Waals surface area contributed by atoms with Gasteiger partial charge in [0.1, 0.15) is 11.6 Å². The van der Waals surface area contributed by atoms with Crippen LogP contribution in [-0.2, 0) is 19.6 Å². The quantitative estimate of drug-likeness (QED) is 0.457. The first kappa shape index (κ1) is 21.4. The third kappa shape index (κ3) is 5.63. The molecule has 0 atom stereocenters. The predicted molar refractivity (Wildman–Crippen MR) is 122 cm³/mol. The van der Waals surface area contributed by atoms with Crippen LogP contribution in [0.25, 0.3) is 0 Å². The molecule has 0 unspecified atom stereocenters. The van der Waals surface area contributed by atoms with Gasteiger partial charge in [-0.2, -0.15) is 0 Å². The summed E-state index contributed by atoms with van der Waals surface area (Å²) in [6, 6.07) is 16.7. The van der Waals surface area contributed by atoms with Crippen molar-refractivity contribution in [2.75, 3.05) is 20.7 Å². The third-order valence-corrected chi connectivity index (χ3v) is 4.98. The molecule has 6 nitrogen and oxygen atoms in total. The molecule has 0 fully saturated rings. The van der Waals surface area contributed by atoms with Crippen LogP contribution in [0.4, 0.5) is 0 Å². The zero-order valence-corrected chi connectivity index (χ0v) is 18.3. The minimum absolute atomic E-state index is 0.620. The molecule has 1 N–H and O–H groups in total. The Morgan fingerprint density at radius 2 is 1.97 bits per heavy atom. The molecule has 0 amide bonds. The van der Waals surface area contributed by atoms with Crippen LogP contribution in [0, 0.1) is 6.92 Å². The van der Waals surface area contributed by atoms with E-state index in [-0.39, 0.29) is 0 Å². The van der Waals surface area contributed by atoms with Gasteiger partial charge in [0.05, 0.1) is 13.7 Å². The second kappa shape index (κ2) is 10.5. The van der Waals surface area contributed by atoms with Gasteiger partial charge in [0.25, 0.3) is 0 Å². The monoisotopic (exact) mass is 405 g/mol. The Balaban J connectivity index is 1.71. The van der Waals surface area contributed by atoms with E-state index in [1.807, 2.05) is 44.6 Å². The molecule has 1 heterocycles. The van der Waals surface area contributed by atoms with E-state index in [4.69, 9.17) is 9.73 Å². The smallest absolute Gasteiger partial charge is 0.194 e. The van der Waals surface area contributed by atoms with Crippen LogP contribution in [-0.4, -0.2) is 41.1 Å². The summed E-state index contributed by atoms with van der Waals surface area (Å²) in [4.78, 5) is 11.3. The van der Waals surface area contributed by atoms with Gasteiger partial charge in [-0.25, -0.2) is 9.98 Å². The topological polar surface area (TPSA) is 54.7 Å². The van der Waals surface area contributed by atoms with Gasteiger partial charge in [-0.3, -0.25) is 0 Å². The van der Waals surface area contributed by atoms with Crippen molar-refractivity contribution in [3.8, 4) is 5.75 Å². The maximum Gasteiger partial charge on any atom is 0.194 e. The summed E-state index contributed by atoms with van der Waals surface area (Å²) in [5.41, 5.74) is 3.56. The van der Waals surface area contributed by atoms with Crippen molar-refractivity contribution in [1.82, 2.24) is 19.8 Å². The number of benzene rings is 2. The summed E-state index contributed by atoms with van der Waals surface area (Å²) < 4.78 is 7.63. The van der Waals surface area contributed by atoms with Gasteiger partial charge in [-0.15, -0.1) is 0 Å². The number of imidazole rings is 1. The van der Waals surface area contributed by atoms with Crippen molar-refractivity contribution in [2.45, 2.75) is 33.5 Å². The molecule has 6 heteroatoms. The van der Waals surface area contributed by atoms with Gasteiger partial charge < -0.3 is 19.5 Å². The van der Waals surface area contributed by atoms with Gasteiger partial charge in [-0.05, 0) is 31.0 Å². The number of hydrogen-bond donors (Lipinski definition) is 1. The van der Waals surface area contributed by atoms with Gasteiger partial charge in [0.15, 0.2) is 5.96 Å². The number of guanidine groups is 1.